The molecule has 1 saturated carbocycles. The number of carbonyl (C=O) groups excluding carboxylic acids is 2. The molecule has 0 aromatic carbocycles. The van der Waals surface area contributed by atoms with Gasteiger partial charge in [-0.05, 0) is 18.8 Å². The van der Waals surface area contributed by atoms with Crippen molar-refractivity contribution in [3.05, 3.63) is 0 Å². The van der Waals surface area contributed by atoms with Gasteiger partial charge in [-0.25, -0.2) is 4.79 Å². The van der Waals surface area contributed by atoms with Crippen LogP contribution < -0.4 is 5.32 Å². The summed E-state index contributed by atoms with van der Waals surface area (Å²) in [5, 5.41) is 2.36. The number of carbonyl (C=O) groups is 2. The van der Waals surface area contributed by atoms with Gasteiger partial charge in [-0.15, -0.1) is 0 Å². The van der Waals surface area contributed by atoms with E-state index in [1.165, 1.54) is 32.1 Å². The second-order valence-electron chi connectivity index (χ2n) is 4.88. The van der Waals surface area contributed by atoms with E-state index in [1.807, 2.05) is 0 Å². The average Bonchev–Trinajstić information content (AvgIpc) is 2.74. The summed E-state index contributed by atoms with van der Waals surface area (Å²) in [4.78, 5) is 24.1. The third-order valence-electron chi connectivity index (χ3n) is 3.66. The van der Waals surface area contributed by atoms with Crippen LogP contribution in [0, 0.1) is 5.92 Å². The van der Waals surface area contributed by atoms with Crippen molar-refractivity contribution in [2.75, 3.05) is 13.1 Å². The minimum absolute atomic E-state index is 0.142. The van der Waals surface area contributed by atoms with E-state index in [2.05, 4.69) is 5.32 Å². The first-order chi connectivity index (χ1) is 7.75. The molecule has 0 unspecified atom stereocenters. The lowest BCUT2D eigenvalue weighted by molar-refractivity contribution is -0.121. The van der Waals surface area contributed by atoms with Crippen LogP contribution in [0.5, 0.6) is 0 Å². The fourth-order valence-electron chi connectivity index (χ4n) is 2.68. The fourth-order valence-corrected chi connectivity index (χ4v) is 2.68. The van der Waals surface area contributed by atoms with Crippen LogP contribution in [0.4, 0.5) is 4.79 Å². The van der Waals surface area contributed by atoms with Gasteiger partial charge in [0.25, 0.3) is 0 Å². The predicted octanol–water partition coefficient (Wildman–Crippen LogP) is 1.90. The molecule has 1 aliphatic heterocycles. The van der Waals surface area contributed by atoms with Gasteiger partial charge in [-0.2, -0.15) is 0 Å². The Morgan fingerprint density at radius 3 is 2.69 bits per heavy atom. The predicted molar refractivity (Wildman–Crippen MR) is 60.9 cm³/mol. The zero-order valence-corrected chi connectivity index (χ0v) is 9.71. The molecule has 2 aliphatic rings. The van der Waals surface area contributed by atoms with E-state index in [1.54, 1.807) is 4.90 Å². The molecule has 4 heteroatoms. The van der Waals surface area contributed by atoms with Crippen molar-refractivity contribution < 1.29 is 9.59 Å². The molecule has 0 spiro atoms. The highest BCUT2D eigenvalue weighted by Crippen LogP contribution is 2.28. The maximum absolute atomic E-state index is 11.4. The summed E-state index contributed by atoms with van der Waals surface area (Å²) < 4.78 is 0. The van der Waals surface area contributed by atoms with Crippen LogP contribution in [0.15, 0.2) is 0 Å². The van der Waals surface area contributed by atoms with Crippen LogP contribution >= 0.6 is 0 Å². The van der Waals surface area contributed by atoms with Gasteiger partial charge in [-0.3, -0.25) is 10.1 Å². The Kier molecular flexibility index (Phi) is 3.80. The maximum Gasteiger partial charge on any atom is 0.324 e. The molecule has 0 atom stereocenters. The molecule has 0 aromatic heterocycles. The van der Waals surface area contributed by atoms with Gasteiger partial charge in [0.1, 0.15) is 0 Å². The van der Waals surface area contributed by atoms with Crippen molar-refractivity contribution >= 4 is 11.9 Å². The summed E-state index contributed by atoms with van der Waals surface area (Å²) in [5.74, 6) is 0.742. The first-order valence-corrected chi connectivity index (χ1v) is 6.34. The van der Waals surface area contributed by atoms with Crippen molar-refractivity contribution in [2.45, 2.75) is 44.9 Å². The second kappa shape index (κ2) is 5.32. The first-order valence-electron chi connectivity index (χ1n) is 6.34. The van der Waals surface area contributed by atoms with Gasteiger partial charge >= 0.3 is 6.03 Å². The summed E-state index contributed by atoms with van der Waals surface area (Å²) >= 11 is 0. The minimum atomic E-state index is -0.206. The van der Waals surface area contributed by atoms with E-state index in [-0.39, 0.29) is 11.9 Å². The minimum Gasteiger partial charge on any atom is -0.324 e. The van der Waals surface area contributed by atoms with Crippen molar-refractivity contribution in [1.82, 2.24) is 10.2 Å². The third-order valence-corrected chi connectivity index (χ3v) is 3.66. The highest BCUT2D eigenvalue weighted by atomic mass is 16.2. The largest absolute Gasteiger partial charge is 0.324 e. The van der Waals surface area contributed by atoms with Gasteiger partial charge < -0.3 is 4.90 Å². The van der Waals surface area contributed by atoms with E-state index in [0.29, 0.717) is 13.0 Å². The summed E-state index contributed by atoms with van der Waals surface area (Å²) in [6, 6.07) is -0.206. The number of hydrogen-bond donors (Lipinski definition) is 1. The van der Waals surface area contributed by atoms with Crippen LogP contribution in [0.2, 0.25) is 0 Å². The zero-order valence-electron chi connectivity index (χ0n) is 9.71. The Morgan fingerprint density at radius 2 is 2.00 bits per heavy atom. The van der Waals surface area contributed by atoms with Crippen LogP contribution in [0.25, 0.3) is 0 Å². The smallest absolute Gasteiger partial charge is 0.324 e. The fraction of sp³-hybridized carbons (Fsp3) is 0.833. The van der Waals surface area contributed by atoms with E-state index < -0.39 is 0 Å². The van der Waals surface area contributed by atoms with Gasteiger partial charge in [0.2, 0.25) is 5.91 Å². The average molecular weight is 224 g/mol. The van der Waals surface area contributed by atoms with E-state index >= 15 is 0 Å². The number of amides is 3. The topological polar surface area (TPSA) is 49.4 Å². The second-order valence-corrected chi connectivity index (χ2v) is 4.88. The number of nitrogens with one attached hydrogen (secondary N) is 1. The molecule has 90 valence electrons. The van der Waals surface area contributed by atoms with Gasteiger partial charge in [-0.1, -0.05) is 25.7 Å². The third kappa shape index (κ3) is 2.97. The molecular formula is C12H20N2O2. The molecule has 2 fully saturated rings. The summed E-state index contributed by atoms with van der Waals surface area (Å²) in [7, 11) is 0. The molecule has 1 aliphatic carbocycles. The van der Waals surface area contributed by atoms with Gasteiger partial charge in [0.15, 0.2) is 0 Å². The Balaban J connectivity index is 1.65. The molecule has 16 heavy (non-hydrogen) atoms. The molecular weight excluding hydrogens is 204 g/mol. The zero-order chi connectivity index (χ0) is 11.4. The Morgan fingerprint density at radius 1 is 1.25 bits per heavy atom. The highest BCUT2D eigenvalue weighted by Gasteiger charge is 2.22. The van der Waals surface area contributed by atoms with Crippen LogP contribution in [-0.4, -0.2) is 29.9 Å². The quantitative estimate of drug-likeness (QED) is 0.793. The summed E-state index contributed by atoms with van der Waals surface area (Å²) in [6.07, 6.45) is 8.25. The highest BCUT2D eigenvalue weighted by molar-refractivity contribution is 5.96. The molecule has 0 bridgehead atoms. The number of urea groups is 1. The summed E-state index contributed by atoms with van der Waals surface area (Å²) in [5.41, 5.74) is 0. The van der Waals surface area contributed by atoms with Crippen LogP contribution in [0.3, 0.4) is 0 Å². The monoisotopic (exact) mass is 224 g/mol. The van der Waals surface area contributed by atoms with Gasteiger partial charge in [0, 0.05) is 19.5 Å². The SMILES string of the molecule is O=C1CCN(CCCC2CCCC2)C(=O)N1. The molecule has 0 aromatic rings. The van der Waals surface area contributed by atoms with Gasteiger partial charge in [0.05, 0.1) is 0 Å². The van der Waals surface area contributed by atoms with Crippen molar-refractivity contribution in [1.29, 1.82) is 0 Å². The Bertz CT molecular complexity index is 272. The molecule has 0 radical (unpaired) electrons. The first kappa shape index (κ1) is 11.4. The molecule has 1 heterocycles. The lowest BCUT2D eigenvalue weighted by Gasteiger charge is -2.26. The molecule has 2 rings (SSSR count). The standard InChI is InChI=1S/C12H20N2O2/c15-11-7-9-14(12(16)13-11)8-3-6-10-4-1-2-5-10/h10H,1-9H2,(H,13,15,16). The normalized spacial score (nSPS) is 22.6. The van der Waals surface area contributed by atoms with E-state index in [0.717, 1.165) is 18.9 Å². The number of hydrogen-bond acceptors (Lipinski definition) is 2. The van der Waals surface area contributed by atoms with E-state index in [4.69, 9.17) is 0 Å². The molecule has 4 nitrogen and oxygen atoms in total. The Hall–Kier alpha value is -1.06. The molecule has 1 N–H and O–H groups in total. The van der Waals surface area contributed by atoms with E-state index in [9.17, 15) is 9.59 Å². The van der Waals surface area contributed by atoms with Crippen molar-refractivity contribution in [3.63, 3.8) is 0 Å². The lowest BCUT2D eigenvalue weighted by Crippen LogP contribution is -2.49. The van der Waals surface area contributed by atoms with Crippen molar-refractivity contribution in [3.8, 4) is 0 Å². The Labute approximate surface area is 96.4 Å². The lowest BCUT2D eigenvalue weighted by atomic mass is 10.0. The number of imide groups is 1. The maximum atomic E-state index is 11.4. The van der Waals surface area contributed by atoms with Crippen LogP contribution in [-0.2, 0) is 4.79 Å². The summed E-state index contributed by atoms with van der Waals surface area (Å²) in [6.45, 7) is 1.39. The molecule has 3 amide bonds. The van der Waals surface area contributed by atoms with Crippen LogP contribution in [0.1, 0.15) is 44.9 Å². The molecule has 1 saturated heterocycles. The number of nitrogens with zero attached hydrogens (tertiary/aromatic N) is 1. The number of rotatable bonds is 4. The van der Waals surface area contributed by atoms with Crippen molar-refractivity contribution in [2.24, 2.45) is 5.92 Å².